The van der Waals surface area contributed by atoms with Gasteiger partial charge in [0.1, 0.15) is 0 Å². The van der Waals surface area contributed by atoms with E-state index in [4.69, 9.17) is 4.74 Å². The summed E-state index contributed by atoms with van der Waals surface area (Å²) in [4.78, 5) is 4.44. The Bertz CT molecular complexity index is 629. The number of fused-ring (bicyclic) bond motifs is 2. The number of ether oxygens (including phenoxy) is 1. The molecule has 1 saturated carbocycles. The fraction of sp³-hybridized carbons (Fsp3) is 0.632. The Morgan fingerprint density at radius 2 is 2.25 bits per heavy atom. The van der Waals surface area contributed by atoms with Crippen molar-refractivity contribution in [2.45, 2.75) is 62.2 Å². The number of hydrogen-bond acceptors (Lipinski definition) is 2. The zero-order valence-corrected chi connectivity index (χ0v) is 15.8. The van der Waals surface area contributed by atoms with Crippen LogP contribution in [0.3, 0.4) is 0 Å². The van der Waals surface area contributed by atoms with E-state index in [1.54, 1.807) is 0 Å². The van der Waals surface area contributed by atoms with E-state index in [0.717, 1.165) is 23.4 Å². The summed E-state index contributed by atoms with van der Waals surface area (Å²) >= 11 is 3.61. The Morgan fingerprint density at radius 3 is 2.83 bits per heavy atom. The Morgan fingerprint density at radius 1 is 1.38 bits per heavy atom. The molecule has 4 rings (SSSR count). The zero-order chi connectivity index (χ0) is 16.6. The van der Waals surface area contributed by atoms with Crippen LogP contribution in [-0.4, -0.2) is 37.8 Å². The van der Waals surface area contributed by atoms with E-state index in [2.05, 4.69) is 55.8 Å². The Labute approximate surface area is 152 Å². The molecular weight excluding hydrogens is 366 g/mol. The number of nitrogens with one attached hydrogen (secondary N) is 2. The zero-order valence-electron chi connectivity index (χ0n) is 14.2. The van der Waals surface area contributed by atoms with Gasteiger partial charge in [-0.05, 0) is 49.8 Å². The summed E-state index contributed by atoms with van der Waals surface area (Å²) in [6.07, 6.45) is 8.14. The van der Waals surface area contributed by atoms with E-state index in [0.29, 0.717) is 18.2 Å². The Hall–Kier alpha value is -1.07. The van der Waals surface area contributed by atoms with Crippen LogP contribution in [0, 0.1) is 0 Å². The van der Waals surface area contributed by atoms with E-state index in [1.165, 1.54) is 37.7 Å². The molecule has 2 bridgehead atoms. The summed E-state index contributed by atoms with van der Waals surface area (Å²) in [5.41, 5.74) is 1.67. The summed E-state index contributed by atoms with van der Waals surface area (Å²) in [5, 5.41) is 7.17. The van der Waals surface area contributed by atoms with Gasteiger partial charge in [0.25, 0.3) is 0 Å². The van der Waals surface area contributed by atoms with Gasteiger partial charge in [0.2, 0.25) is 0 Å². The molecular formula is C19H26BrN3O. The van der Waals surface area contributed by atoms with Gasteiger partial charge in [-0.1, -0.05) is 34.5 Å². The molecule has 2 heterocycles. The van der Waals surface area contributed by atoms with Crippen molar-refractivity contribution in [3.8, 4) is 0 Å². The van der Waals surface area contributed by atoms with E-state index >= 15 is 0 Å². The van der Waals surface area contributed by atoms with Gasteiger partial charge in [-0.2, -0.15) is 0 Å². The van der Waals surface area contributed by atoms with Crippen LogP contribution in [0.5, 0.6) is 0 Å². The minimum Gasteiger partial charge on any atom is -0.373 e. The molecule has 1 aliphatic carbocycles. The summed E-state index contributed by atoms with van der Waals surface area (Å²) in [6, 6.07) is 9.17. The highest BCUT2D eigenvalue weighted by Gasteiger charge is 2.42. The normalized spacial score (nSPS) is 30.9. The predicted octanol–water partition coefficient (Wildman–Crippen LogP) is 3.36. The van der Waals surface area contributed by atoms with Crippen molar-refractivity contribution in [2.75, 3.05) is 13.6 Å². The lowest BCUT2D eigenvalue weighted by atomic mass is 9.64. The molecule has 0 spiro atoms. The first kappa shape index (κ1) is 16.4. The number of guanidine groups is 1. The van der Waals surface area contributed by atoms with E-state index in [9.17, 15) is 0 Å². The molecule has 2 aliphatic heterocycles. The van der Waals surface area contributed by atoms with Crippen LogP contribution in [0.1, 0.15) is 44.1 Å². The molecule has 0 amide bonds. The smallest absolute Gasteiger partial charge is 0.191 e. The van der Waals surface area contributed by atoms with Crippen molar-refractivity contribution < 1.29 is 4.74 Å². The van der Waals surface area contributed by atoms with Crippen LogP contribution in [-0.2, 0) is 10.2 Å². The van der Waals surface area contributed by atoms with Crippen molar-refractivity contribution in [2.24, 2.45) is 4.99 Å². The van der Waals surface area contributed by atoms with E-state index in [1.807, 2.05) is 7.05 Å². The van der Waals surface area contributed by atoms with Crippen LogP contribution in [0.15, 0.2) is 33.7 Å². The molecule has 0 radical (unpaired) electrons. The van der Waals surface area contributed by atoms with Crippen LogP contribution in [0.4, 0.5) is 0 Å². The summed E-state index contributed by atoms with van der Waals surface area (Å²) in [7, 11) is 1.86. The third-order valence-electron chi connectivity index (χ3n) is 5.99. The second kappa shape index (κ2) is 6.68. The first-order valence-corrected chi connectivity index (χ1v) is 9.86. The summed E-state index contributed by atoms with van der Waals surface area (Å²) in [5.74, 6) is 0.914. The minimum absolute atomic E-state index is 0.243. The lowest BCUT2D eigenvalue weighted by Gasteiger charge is -2.43. The fourth-order valence-electron chi connectivity index (χ4n) is 4.40. The van der Waals surface area contributed by atoms with Gasteiger partial charge in [0.15, 0.2) is 5.96 Å². The molecule has 3 fully saturated rings. The van der Waals surface area contributed by atoms with Crippen LogP contribution < -0.4 is 10.6 Å². The molecule has 1 aromatic rings. The van der Waals surface area contributed by atoms with Gasteiger partial charge in [-0.15, -0.1) is 0 Å². The number of nitrogens with zero attached hydrogens (tertiary/aromatic N) is 1. The summed E-state index contributed by atoms with van der Waals surface area (Å²) in [6.45, 7) is 0.935. The number of halogens is 1. The molecule has 4 nitrogen and oxygen atoms in total. The van der Waals surface area contributed by atoms with Crippen LogP contribution in [0.2, 0.25) is 0 Å². The lowest BCUT2D eigenvalue weighted by Crippen LogP contribution is -2.52. The molecule has 3 atom stereocenters. The highest BCUT2D eigenvalue weighted by molar-refractivity contribution is 9.10. The maximum Gasteiger partial charge on any atom is 0.191 e. The third-order valence-corrected chi connectivity index (χ3v) is 6.49. The van der Waals surface area contributed by atoms with Crippen molar-refractivity contribution >= 4 is 21.9 Å². The minimum atomic E-state index is 0.243. The quantitative estimate of drug-likeness (QED) is 0.610. The maximum atomic E-state index is 5.94. The topological polar surface area (TPSA) is 45.7 Å². The molecule has 3 unspecified atom stereocenters. The molecule has 130 valence electrons. The fourth-order valence-corrected chi connectivity index (χ4v) is 4.80. The van der Waals surface area contributed by atoms with Crippen molar-refractivity contribution in [3.63, 3.8) is 0 Å². The van der Waals surface area contributed by atoms with Gasteiger partial charge < -0.3 is 15.4 Å². The van der Waals surface area contributed by atoms with E-state index in [-0.39, 0.29) is 5.41 Å². The van der Waals surface area contributed by atoms with E-state index < -0.39 is 0 Å². The number of benzene rings is 1. The molecule has 3 aliphatic rings. The SMILES string of the molecule is CN=C(NCC1(c2cccc(Br)c2)CCC1)NC1CC2CCC1O2. The van der Waals surface area contributed by atoms with Crippen LogP contribution in [0.25, 0.3) is 0 Å². The molecule has 2 saturated heterocycles. The van der Waals surface area contributed by atoms with Crippen LogP contribution >= 0.6 is 15.9 Å². The van der Waals surface area contributed by atoms with Crippen molar-refractivity contribution in [3.05, 3.63) is 34.3 Å². The second-order valence-electron chi connectivity index (χ2n) is 7.43. The maximum absolute atomic E-state index is 5.94. The number of hydrogen-bond donors (Lipinski definition) is 2. The first-order valence-electron chi connectivity index (χ1n) is 9.07. The Kier molecular flexibility index (Phi) is 4.56. The highest BCUT2D eigenvalue weighted by atomic mass is 79.9. The molecule has 1 aromatic carbocycles. The first-order chi connectivity index (χ1) is 11.7. The van der Waals surface area contributed by atoms with Gasteiger partial charge in [-0.25, -0.2) is 0 Å². The summed E-state index contributed by atoms with van der Waals surface area (Å²) < 4.78 is 7.10. The number of aliphatic imine (C=N–C) groups is 1. The predicted molar refractivity (Wildman–Crippen MR) is 100 cm³/mol. The van der Waals surface area contributed by atoms with Gasteiger partial charge in [-0.3, -0.25) is 4.99 Å². The average Bonchev–Trinajstić information content (AvgIpc) is 3.15. The molecule has 0 aromatic heterocycles. The lowest BCUT2D eigenvalue weighted by molar-refractivity contribution is 0.0992. The highest BCUT2D eigenvalue weighted by Crippen LogP contribution is 2.43. The third kappa shape index (κ3) is 3.08. The van der Waals surface area contributed by atoms with Crippen molar-refractivity contribution in [1.29, 1.82) is 0 Å². The van der Waals surface area contributed by atoms with Gasteiger partial charge >= 0.3 is 0 Å². The average molecular weight is 392 g/mol. The largest absolute Gasteiger partial charge is 0.373 e. The monoisotopic (exact) mass is 391 g/mol. The van der Waals surface area contributed by atoms with Gasteiger partial charge in [0.05, 0.1) is 18.2 Å². The standard InChI is InChI=1S/C19H26BrN3O/c1-21-18(23-16-11-15-6-7-17(16)24-15)22-12-19(8-3-9-19)13-4-2-5-14(20)10-13/h2,4-5,10,15-17H,3,6-9,11-12H2,1H3,(H2,21,22,23). The van der Waals surface area contributed by atoms with Crippen molar-refractivity contribution in [1.82, 2.24) is 10.6 Å². The Balaban J connectivity index is 1.39. The van der Waals surface area contributed by atoms with Gasteiger partial charge in [0, 0.05) is 23.5 Å². The molecule has 2 N–H and O–H groups in total. The number of rotatable bonds is 4. The second-order valence-corrected chi connectivity index (χ2v) is 8.35. The molecule has 5 heteroatoms. The molecule has 24 heavy (non-hydrogen) atoms.